The van der Waals surface area contributed by atoms with Crippen LogP contribution >= 0.6 is 24.0 Å². The van der Waals surface area contributed by atoms with Crippen molar-refractivity contribution >= 4 is 34.1 Å². The number of hydrogen-bond donors (Lipinski definition) is 1. The predicted octanol–water partition coefficient (Wildman–Crippen LogP) is 1.74. The zero-order valence-corrected chi connectivity index (χ0v) is 8.76. The van der Waals surface area contributed by atoms with Gasteiger partial charge in [0.1, 0.15) is 0 Å². The molecule has 1 aliphatic rings. The van der Waals surface area contributed by atoms with Crippen LogP contribution in [0.3, 0.4) is 0 Å². The average Bonchev–Trinajstić information content (AvgIpc) is 2.37. The Morgan fingerprint density at radius 3 is 3.08 bits per heavy atom. The molecule has 1 unspecified atom stereocenters. The van der Waals surface area contributed by atoms with Gasteiger partial charge in [0, 0.05) is 5.75 Å². The second-order valence-corrected chi connectivity index (χ2v) is 4.42. The molecule has 0 aliphatic carbocycles. The van der Waals surface area contributed by atoms with E-state index in [2.05, 4.69) is 12.2 Å². The maximum atomic E-state index is 11.2. The number of carbonyl (C=O) groups is 1. The Balaban J connectivity index is 2.30. The summed E-state index contributed by atoms with van der Waals surface area (Å²) in [6.45, 7) is 2.08. The molecule has 1 saturated heterocycles. The Kier molecular flexibility index (Phi) is 4.01. The third-order valence-corrected chi connectivity index (χ3v) is 3.08. The van der Waals surface area contributed by atoms with Crippen molar-refractivity contribution in [2.24, 2.45) is 0 Å². The molecular formula is C8H13NOS2. The SMILES string of the molecule is CCCC(=S)NC1CCSC1=O. The summed E-state index contributed by atoms with van der Waals surface area (Å²) in [7, 11) is 0. The van der Waals surface area contributed by atoms with Crippen molar-refractivity contribution in [2.75, 3.05) is 5.75 Å². The van der Waals surface area contributed by atoms with Crippen molar-refractivity contribution in [1.29, 1.82) is 0 Å². The summed E-state index contributed by atoms with van der Waals surface area (Å²) in [6, 6.07) is -0.00551. The van der Waals surface area contributed by atoms with Gasteiger partial charge in [-0.15, -0.1) is 0 Å². The second-order valence-electron chi connectivity index (χ2n) is 2.83. The summed E-state index contributed by atoms with van der Waals surface area (Å²) >= 11 is 6.47. The van der Waals surface area contributed by atoms with Gasteiger partial charge in [0.05, 0.1) is 11.0 Å². The van der Waals surface area contributed by atoms with Crippen molar-refractivity contribution in [2.45, 2.75) is 32.2 Å². The minimum absolute atomic E-state index is 0.00551. The standard InChI is InChI=1S/C8H13NOS2/c1-2-3-7(11)9-6-4-5-12-8(6)10/h6H,2-5H2,1H3,(H,9,11). The first-order chi connectivity index (χ1) is 5.74. The first kappa shape index (κ1) is 9.99. The molecule has 0 spiro atoms. The molecule has 0 aromatic carbocycles. The molecule has 1 fully saturated rings. The quantitative estimate of drug-likeness (QED) is 0.707. The van der Waals surface area contributed by atoms with Gasteiger partial charge in [-0.2, -0.15) is 0 Å². The fourth-order valence-electron chi connectivity index (χ4n) is 1.12. The summed E-state index contributed by atoms with van der Waals surface area (Å²) in [5, 5.41) is 3.33. The molecule has 0 amide bonds. The van der Waals surface area contributed by atoms with Crippen molar-refractivity contribution in [1.82, 2.24) is 5.32 Å². The van der Waals surface area contributed by atoms with E-state index in [-0.39, 0.29) is 11.2 Å². The Morgan fingerprint density at radius 2 is 2.58 bits per heavy atom. The first-order valence-corrected chi connectivity index (χ1v) is 5.59. The van der Waals surface area contributed by atoms with Gasteiger partial charge in [0.25, 0.3) is 0 Å². The Hall–Kier alpha value is -0.0900. The summed E-state index contributed by atoms with van der Waals surface area (Å²) in [5.41, 5.74) is 0. The van der Waals surface area contributed by atoms with Crippen LogP contribution in [0.4, 0.5) is 0 Å². The van der Waals surface area contributed by atoms with Gasteiger partial charge < -0.3 is 5.32 Å². The van der Waals surface area contributed by atoms with E-state index in [1.165, 1.54) is 11.8 Å². The molecule has 68 valence electrons. The maximum absolute atomic E-state index is 11.2. The van der Waals surface area contributed by atoms with Gasteiger partial charge in [-0.05, 0) is 19.3 Å². The van der Waals surface area contributed by atoms with Crippen LogP contribution in [0.15, 0.2) is 0 Å². The highest BCUT2D eigenvalue weighted by Gasteiger charge is 2.25. The molecule has 4 heteroatoms. The van der Waals surface area contributed by atoms with E-state index in [0.717, 1.165) is 30.0 Å². The number of rotatable bonds is 3. The van der Waals surface area contributed by atoms with Gasteiger partial charge >= 0.3 is 0 Å². The minimum Gasteiger partial charge on any atom is -0.369 e. The molecule has 1 N–H and O–H groups in total. The van der Waals surface area contributed by atoms with E-state index >= 15 is 0 Å². The molecule has 1 atom stereocenters. The lowest BCUT2D eigenvalue weighted by molar-refractivity contribution is -0.111. The molecule has 2 nitrogen and oxygen atoms in total. The molecule has 0 bridgehead atoms. The van der Waals surface area contributed by atoms with Crippen molar-refractivity contribution in [3.8, 4) is 0 Å². The normalized spacial score (nSPS) is 22.8. The highest BCUT2D eigenvalue weighted by Crippen LogP contribution is 2.19. The van der Waals surface area contributed by atoms with E-state index in [0.29, 0.717) is 0 Å². The van der Waals surface area contributed by atoms with Gasteiger partial charge in [-0.1, -0.05) is 30.9 Å². The van der Waals surface area contributed by atoms with E-state index in [1.807, 2.05) is 0 Å². The molecule has 0 aromatic heterocycles. The van der Waals surface area contributed by atoms with Crippen LogP contribution in [0.25, 0.3) is 0 Å². The van der Waals surface area contributed by atoms with E-state index in [1.54, 1.807) is 0 Å². The Morgan fingerprint density at radius 1 is 1.83 bits per heavy atom. The zero-order valence-electron chi connectivity index (χ0n) is 7.13. The first-order valence-electron chi connectivity index (χ1n) is 4.20. The third kappa shape index (κ3) is 2.75. The average molecular weight is 203 g/mol. The monoisotopic (exact) mass is 203 g/mol. The molecule has 0 aromatic rings. The van der Waals surface area contributed by atoms with Crippen LogP contribution in [0.2, 0.25) is 0 Å². The molecule has 0 radical (unpaired) electrons. The highest BCUT2D eigenvalue weighted by molar-refractivity contribution is 8.14. The highest BCUT2D eigenvalue weighted by atomic mass is 32.2. The van der Waals surface area contributed by atoms with E-state index in [9.17, 15) is 4.79 Å². The minimum atomic E-state index is -0.00551. The zero-order chi connectivity index (χ0) is 8.97. The lowest BCUT2D eigenvalue weighted by Crippen LogP contribution is -2.35. The van der Waals surface area contributed by atoms with Gasteiger partial charge in [-0.25, -0.2) is 0 Å². The predicted molar refractivity (Wildman–Crippen MR) is 56.5 cm³/mol. The van der Waals surface area contributed by atoms with E-state index < -0.39 is 0 Å². The van der Waals surface area contributed by atoms with Gasteiger partial charge in [0.2, 0.25) is 5.12 Å². The van der Waals surface area contributed by atoms with Crippen LogP contribution in [0.5, 0.6) is 0 Å². The van der Waals surface area contributed by atoms with Crippen LogP contribution in [0, 0.1) is 0 Å². The molecule has 1 rings (SSSR count). The van der Waals surface area contributed by atoms with Crippen LogP contribution < -0.4 is 5.32 Å². The largest absolute Gasteiger partial charge is 0.369 e. The lowest BCUT2D eigenvalue weighted by atomic mass is 10.2. The van der Waals surface area contributed by atoms with Crippen LogP contribution in [-0.4, -0.2) is 21.9 Å². The number of carbonyl (C=O) groups excluding carboxylic acids is 1. The molecule has 12 heavy (non-hydrogen) atoms. The Bertz CT molecular complexity index is 193. The number of thioether (sulfide) groups is 1. The Labute approximate surface area is 82.5 Å². The summed E-state index contributed by atoms with van der Waals surface area (Å²) in [4.78, 5) is 12.0. The molecule has 1 aliphatic heterocycles. The molecule has 1 heterocycles. The summed E-state index contributed by atoms with van der Waals surface area (Å²) in [5.74, 6) is 0.936. The van der Waals surface area contributed by atoms with Crippen molar-refractivity contribution < 1.29 is 4.79 Å². The molecular weight excluding hydrogens is 190 g/mol. The summed E-state index contributed by atoms with van der Waals surface area (Å²) in [6.07, 6.45) is 2.86. The van der Waals surface area contributed by atoms with Gasteiger partial charge in [-0.3, -0.25) is 4.79 Å². The fraction of sp³-hybridized carbons (Fsp3) is 0.750. The van der Waals surface area contributed by atoms with Gasteiger partial charge in [0.15, 0.2) is 0 Å². The van der Waals surface area contributed by atoms with Crippen molar-refractivity contribution in [3.63, 3.8) is 0 Å². The van der Waals surface area contributed by atoms with E-state index in [4.69, 9.17) is 12.2 Å². The number of hydrogen-bond acceptors (Lipinski definition) is 3. The summed E-state index contributed by atoms with van der Waals surface area (Å²) < 4.78 is 0. The third-order valence-electron chi connectivity index (χ3n) is 1.75. The number of nitrogens with one attached hydrogen (secondary N) is 1. The second kappa shape index (κ2) is 4.82. The topological polar surface area (TPSA) is 29.1 Å². The van der Waals surface area contributed by atoms with Crippen molar-refractivity contribution in [3.05, 3.63) is 0 Å². The van der Waals surface area contributed by atoms with Crippen LogP contribution in [-0.2, 0) is 4.79 Å². The lowest BCUT2D eigenvalue weighted by Gasteiger charge is -2.11. The maximum Gasteiger partial charge on any atom is 0.211 e. The smallest absolute Gasteiger partial charge is 0.211 e. The molecule has 0 saturated carbocycles. The fourth-order valence-corrected chi connectivity index (χ4v) is 2.40. The number of thiocarbonyl (C=S) groups is 1. The van der Waals surface area contributed by atoms with Crippen LogP contribution in [0.1, 0.15) is 26.2 Å².